The van der Waals surface area contributed by atoms with Gasteiger partial charge in [0.05, 0.1) is 6.61 Å². The van der Waals surface area contributed by atoms with E-state index in [9.17, 15) is 0 Å². The van der Waals surface area contributed by atoms with Crippen LogP contribution in [0.15, 0.2) is 28.8 Å². The number of hydrogen-bond donors (Lipinski definition) is 1. The summed E-state index contributed by atoms with van der Waals surface area (Å²) < 4.78 is 10.9. The molecule has 6 heteroatoms. The summed E-state index contributed by atoms with van der Waals surface area (Å²) in [7, 11) is 1.92. The number of aromatic nitrogens is 2. The monoisotopic (exact) mass is 311 g/mol. The molecule has 2 rings (SSSR count). The molecule has 1 heterocycles. The van der Waals surface area contributed by atoms with E-state index in [2.05, 4.69) is 29.3 Å². The van der Waals surface area contributed by atoms with Crippen LogP contribution >= 0.6 is 12.4 Å². The molecule has 21 heavy (non-hydrogen) atoms. The molecule has 0 fully saturated rings. The fraction of sp³-hybridized carbons (Fsp3) is 0.467. The summed E-state index contributed by atoms with van der Waals surface area (Å²) >= 11 is 0. The maximum absolute atomic E-state index is 5.61. The van der Waals surface area contributed by atoms with Gasteiger partial charge in [0.1, 0.15) is 5.75 Å². The molecule has 1 aromatic carbocycles. The van der Waals surface area contributed by atoms with E-state index in [0.29, 0.717) is 24.4 Å². The number of nitrogens with one attached hydrogen (secondary N) is 1. The molecule has 0 saturated heterocycles. The minimum Gasteiger partial charge on any atom is -0.494 e. The number of halogens is 1. The van der Waals surface area contributed by atoms with Crippen molar-refractivity contribution < 1.29 is 9.26 Å². The van der Waals surface area contributed by atoms with Crippen molar-refractivity contribution >= 4 is 12.4 Å². The molecule has 1 N–H and O–H groups in total. The predicted molar refractivity (Wildman–Crippen MR) is 85.0 cm³/mol. The highest BCUT2D eigenvalue weighted by Crippen LogP contribution is 2.22. The number of rotatable bonds is 7. The molecular weight excluding hydrogens is 290 g/mol. The molecule has 1 atom stereocenters. The molecule has 0 radical (unpaired) electrons. The van der Waals surface area contributed by atoms with Gasteiger partial charge in [-0.05, 0) is 38.6 Å². The van der Waals surface area contributed by atoms with Crippen LogP contribution in [0.1, 0.15) is 26.1 Å². The van der Waals surface area contributed by atoms with Crippen molar-refractivity contribution in [2.75, 3.05) is 13.7 Å². The lowest BCUT2D eigenvalue weighted by Crippen LogP contribution is -2.24. The SMILES string of the molecule is CCCOc1cccc(-c2nc(CC(C)NC)no2)c1.Cl. The summed E-state index contributed by atoms with van der Waals surface area (Å²) in [6.45, 7) is 4.87. The zero-order chi connectivity index (χ0) is 14.4. The zero-order valence-electron chi connectivity index (χ0n) is 12.6. The molecular formula is C15H22ClN3O2. The first-order valence-corrected chi connectivity index (χ1v) is 6.96. The molecule has 116 valence electrons. The van der Waals surface area contributed by atoms with Gasteiger partial charge in [-0.25, -0.2) is 0 Å². The number of likely N-dealkylation sites (N-methyl/N-ethyl adjacent to an activating group) is 1. The summed E-state index contributed by atoms with van der Waals surface area (Å²) in [5.74, 6) is 2.07. The summed E-state index contributed by atoms with van der Waals surface area (Å²) in [6, 6.07) is 8.05. The van der Waals surface area contributed by atoms with Crippen LogP contribution in [0.3, 0.4) is 0 Å². The minimum atomic E-state index is 0. The first-order chi connectivity index (χ1) is 9.72. The smallest absolute Gasteiger partial charge is 0.258 e. The van der Waals surface area contributed by atoms with Crippen molar-refractivity contribution in [1.29, 1.82) is 0 Å². The van der Waals surface area contributed by atoms with E-state index < -0.39 is 0 Å². The van der Waals surface area contributed by atoms with E-state index in [1.54, 1.807) is 0 Å². The van der Waals surface area contributed by atoms with Gasteiger partial charge in [-0.1, -0.05) is 18.1 Å². The molecule has 0 spiro atoms. The Morgan fingerprint density at radius 2 is 2.19 bits per heavy atom. The Morgan fingerprint density at radius 3 is 2.90 bits per heavy atom. The van der Waals surface area contributed by atoms with Gasteiger partial charge in [-0.15, -0.1) is 12.4 Å². The van der Waals surface area contributed by atoms with Gasteiger partial charge in [0.15, 0.2) is 5.82 Å². The van der Waals surface area contributed by atoms with Gasteiger partial charge in [0.2, 0.25) is 0 Å². The molecule has 0 aliphatic heterocycles. The van der Waals surface area contributed by atoms with E-state index >= 15 is 0 Å². The minimum absolute atomic E-state index is 0. The average molecular weight is 312 g/mol. The Bertz CT molecular complexity index is 545. The fourth-order valence-corrected chi connectivity index (χ4v) is 1.77. The Hall–Kier alpha value is -1.59. The largest absolute Gasteiger partial charge is 0.494 e. The maximum Gasteiger partial charge on any atom is 0.258 e. The van der Waals surface area contributed by atoms with Crippen molar-refractivity contribution in [2.45, 2.75) is 32.7 Å². The molecule has 0 aliphatic carbocycles. The van der Waals surface area contributed by atoms with E-state index in [1.165, 1.54) is 0 Å². The molecule has 1 unspecified atom stereocenters. The third-order valence-corrected chi connectivity index (χ3v) is 3.00. The van der Waals surface area contributed by atoms with Crippen molar-refractivity contribution in [3.05, 3.63) is 30.1 Å². The second kappa shape index (κ2) is 8.64. The van der Waals surface area contributed by atoms with Crippen LogP contribution in [0, 0.1) is 0 Å². The van der Waals surface area contributed by atoms with Crippen molar-refractivity contribution in [1.82, 2.24) is 15.5 Å². The van der Waals surface area contributed by atoms with Gasteiger partial charge in [0, 0.05) is 18.0 Å². The van der Waals surface area contributed by atoms with E-state index in [-0.39, 0.29) is 12.4 Å². The lowest BCUT2D eigenvalue weighted by Gasteiger charge is -2.05. The highest BCUT2D eigenvalue weighted by Gasteiger charge is 2.11. The molecule has 1 aromatic heterocycles. The third-order valence-electron chi connectivity index (χ3n) is 3.00. The van der Waals surface area contributed by atoms with Gasteiger partial charge in [0.25, 0.3) is 5.89 Å². The van der Waals surface area contributed by atoms with E-state index in [4.69, 9.17) is 9.26 Å². The Morgan fingerprint density at radius 1 is 1.38 bits per heavy atom. The summed E-state index contributed by atoms with van der Waals surface area (Å²) in [5, 5.41) is 7.16. The van der Waals surface area contributed by atoms with E-state index in [0.717, 1.165) is 24.2 Å². The standard InChI is InChI=1S/C15H21N3O2.ClH/c1-4-8-19-13-7-5-6-12(10-13)15-17-14(18-20-15)9-11(2)16-3;/h5-7,10-11,16H,4,8-9H2,1-3H3;1H. The first kappa shape index (κ1) is 17.5. The Kier molecular flexibility index (Phi) is 7.19. The number of nitrogens with zero attached hydrogens (tertiary/aromatic N) is 2. The molecule has 0 bridgehead atoms. The lowest BCUT2D eigenvalue weighted by molar-refractivity contribution is 0.317. The van der Waals surface area contributed by atoms with Gasteiger partial charge >= 0.3 is 0 Å². The van der Waals surface area contributed by atoms with Crippen LogP contribution in [0.5, 0.6) is 5.75 Å². The Labute approximate surface area is 131 Å². The lowest BCUT2D eigenvalue weighted by atomic mass is 10.2. The molecule has 0 saturated carbocycles. The van der Waals surface area contributed by atoms with Crippen molar-refractivity contribution in [3.63, 3.8) is 0 Å². The quantitative estimate of drug-likeness (QED) is 0.851. The van der Waals surface area contributed by atoms with Crippen molar-refractivity contribution in [2.24, 2.45) is 0 Å². The van der Waals surface area contributed by atoms with Gasteiger partial charge in [-0.2, -0.15) is 4.98 Å². The van der Waals surface area contributed by atoms with Crippen LogP contribution in [0.25, 0.3) is 11.5 Å². The number of ether oxygens (including phenoxy) is 1. The van der Waals surface area contributed by atoms with Crippen LogP contribution in [-0.4, -0.2) is 29.8 Å². The second-order valence-corrected chi connectivity index (χ2v) is 4.79. The fourth-order valence-electron chi connectivity index (χ4n) is 1.77. The predicted octanol–water partition coefficient (Wildman–Crippen LogP) is 3.10. The molecule has 5 nitrogen and oxygen atoms in total. The van der Waals surface area contributed by atoms with Crippen LogP contribution in [-0.2, 0) is 6.42 Å². The number of benzene rings is 1. The van der Waals surface area contributed by atoms with Crippen molar-refractivity contribution in [3.8, 4) is 17.2 Å². The third kappa shape index (κ3) is 5.02. The Balaban J connectivity index is 0.00000220. The molecule has 0 amide bonds. The summed E-state index contributed by atoms with van der Waals surface area (Å²) in [4.78, 5) is 4.42. The van der Waals surface area contributed by atoms with Crippen LogP contribution in [0.2, 0.25) is 0 Å². The first-order valence-electron chi connectivity index (χ1n) is 6.96. The average Bonchev–Trinajstić information content (AvgIpc) is 2.93. The molecule has 2 aromatic rings. The maximum atomic E-state index is 5.61. The van der Waals surface area contributed by atoms with E-state index in [1.807, 2.05) is 31.3 Å². The van der Waals surface area contributed by atoms with Crippen LogP contribution < -0.4 is 10.1 Å². The van der Waals surface area contributed by atoms with Crippen LogP contribution in [0.4, 0.5) is 0 Å². The topological polar surface area (TPSA) is 60.2 Å². The summed E-state index contributed by atoms with van der Waals surface area (Å²) in [6.07, 6.45) is 1.73. The summed E-state index contributed by atoms with van der Waals surface area (Å²) in [5.41, 5.74) is 0.884. The normalized spacial score (nSPS) is 11.8. The van der Waals surface area contributed by atoms with Gasteiger partial charge in [-0.3, -0.25) is 0 Å². The zero-order valence-corrected chi connectivity index (χ0v) is 13.4. The second-order valence-electron chi connectivity index (χ2n) is 4.79. The highest BCUT2D eigenvalue weighted by atomic mass is 35.5. The molecule has 0 aliphatic rings. The number of hydrogen-bond acceptors (Lipinski definition) is 5. The van der Waals surface area contributed by atoms with Gasteiger partial charge < -0.3 is 14.6 Å². The highest BCUT2D eigenvalue weighted by molar-refractivity contribution is 5.85.